The van der Waals surface area contributed by atoms with E-state index in [1.54, 1.807) is 7.11 Å². The number of thiophene rings is 1. The Morgan fingerprint density at radius 3 is 3.17 bits per heavy atom. The molecule has 0 aliphatic carbocycles. The SMILES string of the molecule is COC1CCn2ncc(C)c2-c2cc(C=O)sc21. The van der Waals surface area contributed by atoms with Crippen LogP contribution >= 0.6 is 11.3 Å². The van der Waals surface area contributed by atoms with Crippen molar-refractivity contribution in [3.05, 3.63) is 27.6 Å². The van der Waals surface area contributed by atoms with Crippen molar-refractivity contribution in [3.63, 3.8) is 0 Å². The quantitative estimate of drug-likeness (QED) is 0.782. The number of fused-ring (bicyclic) bond motifs is 3. The highest BCUT2D eigenvalue weighted by Gasteiger charge is 2.26. The predicted octanol–water partition coefficient (Wildman–Crippen LogP) is 2.82. The summed E-state index contributed by atoms with van der Waals surface area (Å²) in [5.41, 5.74) is 3.36. The zero-order chi connectivity index (χ0) is 12.7. The number of hydrogen-bond acceptors (Lipinski definition) is 4. The van der Waals surface area contributed by atoms with Crippen LogP contribution in [0.25, 0.3) is 11.3 Å². The molecule has 1 unspecified atom stereocenters. The molecule has 1 aliphatic heterocycles. The standard InChI is InChI=1S/C13H14N2O2S/c1-8-6-14-15-4-3-11(17-2)13-10(12(8)15)5-9(7-16)18-13/h5-7,11H,3-4H2,1-2H3. The summed E-state index contributed by atoms with van der Waals surface area (Å²) in [6.45, 7) is 2.90. The second kappa shape index (κ2) is 4.33. The Kier molecular flexibility index (Phi) is 2.80. The summed E-state index contributed by atoms with van der Waals surface area (Å²) in [6, 6.07) is 1.95. The molecular weight excluding hydrogens is 248 g/mol. The molecule has 2 aromatic heterocycles. The van der Waals surface area contributed by atoms with Crippen LogP contribution in [0.4, 0.5) is 0 Å². The minimum absolute atomic E-state index is 0.0554. The lowest BCUT2D eigenvalue weighted by Gasteiger charge is -2.11. The summed E-state index contributed by atoms with van der Waals surface area (Å²) in [4.78, 5) is 12.9. The van der Waals surface area contributed by atoms with Gasteiger partial charge in [-0.1, -0.05) is 0 Å². The van der Waals surface area contributed by atoms with Gasteiger partial charge in [0.25, 0.3) is 0 Å². The van der Waals surface area contributed by atoms with Gasteiger partial charge < -0.3 is 4.74 Å². The smallest absolute Gasteiger partial charge is 0.160 e. The molecule has 18 heavy (non-hydrogen) atoms. The van der Waals surface area contributed by atoms with Gasteiger partial charge in [-0.3, -0.25) is 9.48 Å². The highest BCUT2D eigenvalue weighted by molar-refractivity contribution is 7.14. The molecule has 1 aliphatic rings. The minimum atomic E-state index is 0.0554. The molecule has 1 atom stereocenters. The summed E-state index contributed by atoms with van der Waals surface area (Å²) < 4.78 is 7.56. The molecule has 0 saturated heterocycles. The molecule has 94 valence electrons. The molecule has 3 heterocycles. The lowest BCUT2D eigenvalue weighted by Crippen LogP contribution is -2.04. The summed E-state index contributed by atoms with van der Waals surface area (Å²) in [5.74, 6) is 0. The summed E-state index contributed by atoms with van der Waals surface area (Å²) in [7, 11) is 1.72. The third-order valence-corrected chi connectivity index (χ3v) is 4.51. The normalized spacial score (nSPS) is 18.0. The van der Waals surface area contributed by atoms with Gasteiger partial charge in [0.1, 0.15) is 0 Å². The van der Waals surface area contributed by atoms with Crippen molar-refractivity contribution in [3.8, 4) is 11.3 Å². The van der Waals surface area contributed by atoms with Crippen LogP contribution in [-0.4, -0.2) is 23.2 Å². The number of aromatic nitrogens is 2. The van der Waals surface area contributed by atoms with Gasteiger partial charge in [0.15, 0.2) is 6.29 Å². The predicted molar refractivity (Wildman–Crippen MR) is 70.0 cm³/mol. The van der Waals surface area contributed by atoms with Gasteiger partial charge in [-0.25, -0.2) is 0 Å². The van der Waals surface area contributed by atoms with Crippen molar-refractivity contribution >= 4 is 17.6 Å². The third-order valence-electron chi connectivity index (χ3n) is 3.35. The van der Waals surface area contributed by atoms with E-state index in [0.29, 0.717) is 0 Å². The molecule has 0 bridgehead atoms. The van der Waals surface area contributed by atoms with Gasteiger partial charge in [-0.2, -0.15) is 5.10 Å². The summed E-state index contributed by atoms with van der Waals surface area (Å²) >= 11 is 1.52. The van der Waals surface area contributed by atoms with E-state index >= 15 is 0 Å². The number of methoxy groups -OCH3 is 1. The van der Waals surface area contributed by atoms with Gasteiger partial charge in [0.2, 0.25) is 0 Å². The zero-order valence-electron chi connectivity index (χ0n) is 10.3. The Bertz CT molecular complexity index is 600. The largest absolute Gasteiger partial charge is 0.376 e. The van der Waals surface area contributed by atoms with Gasteiger partial charge in [-0.05, 0) is 25.0 Å². The lowest BCUT2D eigenvalue weighted by molar-refractivity contribution is 0.0955. The van der Waals surface area contributed by atoms with E-state index in [1.807, 2.05) is 23.9 Å². The van der Waals surface area contributed by atoms with E-state index < -0.39 is 0 Å². The first-order chi connectivity index (χ1) is 8.74. The van der Waals surface area contributed by atoms with Crippen LogP contribution in [0, 0.1) is 6.92 Å². The maximum atomic E-state index is 11.0. The highest BCUT2D eigenvalue weighted by atomic mass is 32.1. The first-order valence-electron chi connectivity index (χ1n) is 5.89. The van der Waals surface area contributed by atoms with Crippen LogP contribution in [0.15, 0.2) is 12.3 Å². The molecule has 0 aromatic carbocycles. The number of hydrogen-bond donors (Lipinski definition) is 0. The zero-order valence-corrected chi connectivity index (χ0v) is 11.2. The van der Waals surface area contributed by atoms with E-state index in [0.717, 1.165) is 45.8 Å². The van der Waals surface area contributed by atoms with Crippen molar-refractivity contribution < 1.29 is 9.53 Å². The van der Waals surface area contributed by atoms with E-state index in [1.165, 1.54) is 11.3 Å². The molecule has 2 aromatic rings. The number of rotatable bonds is 2. The Hall–Kier alpha value is -1.46. The van der Waals surface area contributed by atoms with Crippen LogP contribution in [0.3, 0.4) is 0 Å². The monoisotopic (exact) mass is 262 g/mol. The van der Waals surface area contributed by atoms with Crippen LogP contribution < -0.4 is 0 Å². The molecule has 0 saturated carbocycles. The molecular formula is C13H14N2O2S. The second-order valence-corrected chi connectivity index (χ2v) is 5.57. The fourth-order valence-corrected chi connectivity index (χ4v) is 3.59. The van der Waals surface area contributed by atoms with Crippen molar-refractivity contribution in [1.82, 2.24) is 9.78 Å². The third kappa shape index (κ3) is 1.62. The van der Waals surface area contributed by atoms with Gasteiger partial charge in [-0.15, -0.1) is 11.3 Å². The molecule has 3 rings (SSSR count). The van der Waals surface area contributed by atoms with Gasteiger partial charge in [0.05, 0.1) is 22.9 Å². The van der Waals surface area contributed by atoms with Crippen LogP contribution in [0.1, 0.15) is 32.6 Å². The molecule has 0 amide bonds. The van der Waals surface area contributed by atoms with Crippen LogP contribution in [0.5, 0.6) is 0 Å². The van der Waals surface area contributed by atoms with Gasteiger partial charge >= 0.3 is 0 Å². The molecule has 0 radical (unpaired) electrons. The highest BCUT2D eigenvalue weighted by Crippen LogP contribution is 2.41. The van der Waals surface area contributed by atoms with Crippen molar-refractivity contribution in [2.45, 2.75) is 26.0 Å². The lowest BCUT2D eigenvalue weighted by atomic mass is 10.1. The number of carbonyl (C=O) groups is 1. The molecule has 4 nitrogen and oxygen atoms in total. The maximum Gasteiger partial charge on any atom is 0.160 e. The van der Waals surface area contributed by atoms with Crippen molar-refractivity contribution in [1.29, 1.82) is 0 Å². The molecule has 0 N–H and O–H groups in total. The molecule has 0 fully saturated rings. The van der Waals surface area contributed by atoms with Crippen LogP contribution in [0.2, 0.25) is 0 Å². The van der Waals surface area contributed by atoms with Crippen molar-refractivity contribution in [2.24, 2.45) is 0 Å². The molecule has 0 spiro atoms. The van der Waals surface area contributed by atoms with E-state index in [9.17, 15) is 4.79 Å². The summed E-state index contributed by atoms with van der Waals surface area (Å²) in [5, 5.41) is 4.40. The average molecular weight is 262 g/mol. The Labute approximate surface area is 109 Å². The van der Waals surface area contributed by atoms with Gasteiger partial charge in [0, 0.05) is 24.1 Å². The van der Waals surface area contributed by atoms with E-state index in [-0.39, 0.29) is 6.10 Å². The fraction of sp³-hybridized carbons (Fsp3) is 0.385. The second-order valence-electron chi connectivity index (χ2n) is 4.46. The average Bonchev–Trinajstić information content (AvgIpc) is 2.91. The van der Waals surface area contributed by atoms with E-state index in [4.69, 9.17) is 4.74 Å². The first-order valence-corrected chi connectivity index (χ1v) is 6.70. The van der Waals surface area contributed by atoms with Crippen molar-refractivity contribution in [2.75, 3.05) is 7.11 Å². The Balaban J connectivity index is 2.25. The minimum Gasteiger partial charge on any atom is -0.376 e. The Morgan fingerprint density at radius 1 is 1.61 bits per heavy atom. The van der Waals surface area contributed by atoms with Crippen LogP contribution in [-0.2, 0) is 11.3 Å². The number of carbonyl (C=O) groups excluding carboxylic acids is 1. The Morgan fingerprint density at radius 2 is 2.44 bits per heavy atom. The fourth-order valence-electron chi connectivity index (χ4n) is 2.50. The topological polar surface area (TPSA) is 44.1 Å². The first kappa shape index (κ1) is 11.6. The van der Waals surface area contributed by atoms with E-state index in [2.05, 4.69) is 5.10 Å². The number of aryl methyl sites for hydroxylation is 2. The summed E-state index contributed by atoms with van der Waals surface area (Å²) in [6.07, 6.45) is 3.72. The number of nitrogens with zero attached hydrogens (tertiary/aromatic N) is 2. The number of ether oxygens (including phenoxy) is 1. The molecule has 5 heteroatoms. The number of aldehydes is 1. The maximum absolute atomic E-state index is 11.0.